The van der Waals surface area contributed by atoms with Gasteiger partial charge in [-0.05, 0) is 54.8 Å². The summed E-state index contributed by atoms with van der Waals surface area (Å²) in [6.07, 6.45) is 2.16. The average molecular weight is 511 g/mol. The number of Topliss-reactive ketones (excluding diaryl/α,β-unsaturated/α-hetero) is 1. The number of carbonyl (C=O) groups is 4. The molecular weight excluding hydrogens is 491 g/mol. The Morgan fingerprint density at radius 1 is 1.21 bits per heavy atom. The van der Waals surface area contributed by atoms with Crippen LogP contribution in [0.1, 0.15) is 27.1 Å². The van der Waals surface area contributed by atoms with Gasteiger partial charge in [0.2, 0.25) is 0 Å². The fourth-order valence-electron chi connectivity index (χ4n) is 2.97. The van der Waals surface area contributed by atoms with Gasteiger partial charge in [-0.2, -0.15) is 11.8 Å². The molecule has 11 heteroatoms. The van der Waals surface area contributed by atoms with E-state index in [4.69, 9.17) is 32.7 Å². The van der Waals surface area contributed by atoms with Gasteiger partial charge >= 0.3 is 5.97 Å². The zero-order valence-corrected chi connectivity index (χ0v) is 19.8. The van der Waals surface area contributed by atoms with Gasteiger partial charge in [0.15, 0.2) is 19.0 Å². The molecule has 1 aliphatic heterocycles. The summed E-state index contributed by atoms with van der Waals surface area (Å²) in [4.78, 5) is 49.2. The van der Waals surface area contributed by atoms with Gasteiger partial charge in [0.05, 0.1) is 16.3 Å². The van der Waals surface area contributed by atoms with Crippen LogP contribution in [0.4, 0.5) is 5.69 Å². The highest BCUT2D eigenvalue weighted by molar-refractivity contribution is 7.98. The van der Waals surface area contributed by atoms with Crippen LogP contribution in [-0.4, -0.2) is 54.8 Å². The van der Waals surface area contributed by atoms with Gasteiger partial charge in [-0.3, -0.25) is 14.4 Å². The predicted octanol–water partition coefficient (Wildman–Crippen LogP) is 3.60. The third kappa shape index (κ3) is 6.63. The molecule has 2 aromatic rings. The van der Waals surface area contributed by atoms with Crippen molar-refractivity contribution in [3.8, 4) is 5.75 Å². The van der Waals surface area contributed by atoms with E-state index < -0.39 is 30.3 Å². The van der Waals surface area contributed by atoms with E-state index in [9.17, 15) is 19.2 Å². The Balaban J connectivity index is 1.63. The number of carbonyl (C=O) groups excluding carboxylic acids is 4. The lowest BCUT2D eigenvalue weighted by molar-refractivity contribution is -0.144. The number of thioether (sulfide) groups is 1. The Morgan fingerprint density at radius 2 is 2.00 bits per heavy atom. The van der Waals surface area contributed by atoms with E-state index in [0.717, 1.165) is 0 Å². The van der Waals surface area contributed by atoms with Crippen LogP contribution in [0, 0.1) is 0 Å². The van der Waals surface area contributed by atoms with Gasteiger partial charge in [0, 0.05) is 10.6 Å². The van der Waals surface area contributed by atoms with E-state index in [-0.39, 0.29) is 28.7 Å². The molecule has 3 rings (SSSR count). The van der Waals surface area contributed by atoms with Crippen molar-refractivity contribution in [2.24, 2.45) is 0 Å². The average Bonchev–Trinajstić information content (AvgIpc) is 2.79. The van der Waals surface area contributed by atoms with Crippen LogP contribution in [0.5, 0.6) is 5.75 Å². The van der Waals surface area contributed by atoms with Crippen LogP contribution < -0.4 is 15.4 Å². The molecule has 1 aliphatic rings. The summed E-state index contributed by atoms with van der Waals surface area (Å²) in [5.41, 5.74) is 0.774. The minimum atomic E-state index is -0.972. The molecule has 0 bridgehead atoms. The van der Waals surface area contributed by atoms with Crippen LogP contribution in [0.25, 0.3) is 0 Å². The molecule has 2 aromatic carbocycles. The summed E-state index contributed by atoms with van der Waals surface area (Å²) in [6, 6.07) is 7.96. The second-order valence-corrected chi connectivity index (χ2v) is 8.84. The number of anilines is 1. The van der Waals surface area contributed by atoms with E-state index in [1.54, 1.807) is 6.07 Å². The first-order chi connectivity index (χ1) is 15.8. The number of amides is 2. The lowest BCUT2D eigenvalue weighted by atomic mass is 10.1. The highest BCUT2D eigenvalue weighted by Gasteiger charge is 2.25. The van der Waals surface area contributed by atoms with Crippen LogP contribution in [0.2, 0.25) is 10.0 Å². The lowest BCUT2D eigenvalue weighted by Gasteiger charge is -2.19. The number of halogens is 2. The molecule has 1 heterocycles. The second kappa shape index (κ2) is 11.4. The van der Waals surface area contributed by atoms with Crippen LogP contribution in [-0.2, 0) is 14.3 Å². The van der Waals surface area contributed by atoms with Crippen molar-refractivity contribution in [2.45, 2.75) is 12.5 Å². The smallest absolute Gasteiger partial charge is 0.329 e. The van der Waals surface area contributed by atoms with Crippen LogP contribution in [0.3, 0.4) is 0 Å². The van der Waals surface area contributed by atoms with Crippen LogP contribution in [0.15, 0.2) is 36.4 Å². The molecule has 1 atom stereocenters. The zero-order valence-electron chi connectivity index (χ0n) is 17.5. The third-order valence-electron chi connectivity index (χ3n) is 4.66. The highest BCUT2D eigenvalue weighted by Crippen LogP contribution is 2.28. The number of esters is 1. The molecule has 2 amide bonds. The third-order valence-corrected chi connectivity index (χ3v) is 5.85. The van der Waals surface area contributed by atoms with E-state index >= 15 is 0 Å². The molecule has 174 valence electrons. The SMILES string of the molecule is CSCCC(NC(=O)c1ccc(Cl)cc1Cl)C(=O)OCC(=O)c1ccc2c(c1)NC(=O)CO2. The van der Waals surface area contributed by atoms with Crippen molar-refractivity contribution in [3.63, 3.8) is 0 Å². The largest absolute Gasteiger partial charge is 0.482 e. The van der Waals surface area contributed by atoms with E-state index in [1.165, 1.54) is 42.1 Å². The topological polar surface area (TPSA) is 111 Å². The number of rotatable bonds is 9. The summed E-state index contributed by atoms with van der Waals surface area (Å²) in [6.45, 7) is -0.623. The van der Waals surface area contributed by atoms with Gasteiger partial charge in [-0.1, -0.05) is 23.2 Å². The summed E-state index contributed by atoms with van der Waals surface area (Å²) < 4.78 is 10.4. The fraction of sp³-hybridized carbons (Fsp3) is 0.273. The van der Waals surface area contributed by atoms with Gasteiger partial charge in [-0.25, -0.2) is 4.79 Å². The Labute approximate surface area is 204 Å². The molecule has 2 N–H and O–H groups in total. The Kier molecular flexibility index (Phi) is 8.60. The first kappa shape index (κ1) is 24.9. The molecule has 0 saturated carbocycles. The Hall–Kier alpha value is -2.75. The number of fused-ring (bicyclic) bond motifs is 1. The Bertz CT molecular complexity index is 1090. The molecule has 1 unspecified atom stereocenters. The van der Waals surface area contributed by atoms with Crippen molar-refractivity contribution < 1.29 is 28.7 Å². The number of hydrogen-bond acceptors (Lipinski definition) is 7. The van der Waals surface area contributed by atoms with Crippen molar-refractivity contribution in [3.05, 3.63) is 57.6 Å². The minimum absolute atomic E-state index is 0.0949. The van der Waals surface area contributed by atoms with Gasteiger partial charge in [0.25, 0.3) is 11.8 Å². The standard InChI is InChI=1S/C22H20Cl2N2O6S/c1-33-7-6-16(26-21(29)14-4-3-13(23)9-15(14)24)22(30)32-10-18(27)12-2-5-19-17(8-12)25-20(28)11-31-19/h2-5,8-9,16H,6-7,10-11H2,1H3,(H,25,28)(H,26,29). The number of hydrogen-bond donors (Lipinski definition) is 2. The maximum absolute atomic E-state index is 12.6. The predicted molar refractivity (Wildman–Crippen MR) is 127 cm³/mol. The minimum Gasteiger partial charge on any atom is -0.482 e. The van der Waals surface area contributed by atoms with Crippen molar-refractivity contribution in [1.29, 1.82) is 0 Å². The van der Waals surface area contributed by atoms with E-state index in [2.05, 4.69) is 10.6 Å². The summed E-state index contributed by atoms with van der Waals surface area (Å²) in [5, 5.41) is 5.75. The monoisotopic (exact) mass is 510 g/mol. The van der Waals surface area contributed by atoms with E-state index in [0.29, 0.717) is 28.6 Å². The molecule has 0 saturated heterocycles. The molecule has 0 aliphatic carbocycles. The van der Waals surface area contributed by atoms with E-state index in [1.807, 2.05) is 6.26 Å². The maximum atomic E-state index is 12.6. The molecule has 33 heavy (non-hydrogen) atoms. The van der Waals surface area contributed by atoms with Crippen molar-refractivity contribution in [1.82, 2.24) is 5.32 Å². The molecule has 0 radical (unpaired) electrons. The number of ketones is 1. The van der Waals surface area contributed by atoms with Gasteiger partial charge < -0.3 is 20.1 Å². The molecule has 0 fully saturated rings. The van der Waals surface area contributed by atoms with Crippen molar-refractivity contribution in [2.75, 3.05) is 30.5 Å². The zero-order chi connectivity index (χ0) is 24.0. The normalized spacial score (nSPS) is 13.2. The fourth-order valence-corrected chi connectivity index (χ4v) is 3.94. The van der Waals surface area contributed by atoms with Gasteiger partial charge in [-0.15, -0.1) is 0 Å². The molecule has 0 aromatic heterocycles. The quantitative estimate of drug-likeness (QED) is 0.391. The second-order valence-electron chi connectivity index (χ2n) is 7.01. The molecule has 0 spiro atoms. The van der Waals surface area contributed by atoms with Crippen molar-refractivity contribution >= 4 is 64.2 Å². The Morgan fingerprint density at radius 3 is 2.73 bits per heavy atom. The highest BCUT2D eigenvalue weighted by atomic mass is 35.5. The summed E-state index contributed by atoms with van der Waals surface area (Å²) >= 11 is 13.4. The first-order valence-corrected chi connectivity index (χ1v) is 11.9. The van der Waals surface area contributed by atoms with Crippen LogP contribution >= 0.6 is 35.0 Å². The lowest BCUT2D eigenvalue weighted by Crippen LogP contribution is -2.42. The maximum Gasteiger partial charge on any atom is 0.329 e. The first-order valence-electron chi connectivity index (χ1n) is 9.80. The molecule has 8 nitrogen and oxygen atoms in total. The molecular formula is C22H20Cl2N2O6S. The van der Waals surface area contributed by atoms with Gasteiger partial charge in [0.1, 0.15) is 11.8 Å². The number of ether oxygens (including phenoxy) is 2. The number of nitrogens with one attached hydrogen (secondary N) is 2. The number of benzene rings is 2. The summed E-state index contributed by atoms with van der Waals surface area (Å²) in [5.74, 6) is -1.08. The summed E-state index contributed by atoms with van der Waals surface area (Å²) in [7, 11) is 0.